The van der Waals surface area contributed by atoms with Crippen LogP contribution in [0.2, 0.25) is 10.6 Å². The van der Waals surface area contributed by atoms with Gasteiger partial charge in [0.2, 0.25) is 0 Å². The highest BCUT2D eigenvalue weighted by Crippen LogP contribution is 2.53. The number of hydrogen-bond acceptors (Lipinski definition) is 2. The Labute approximate surface area is 134 Å². The Morgan fingerprint density at radius 3 is 1.33 bits per heavy atom. The molecule has 1 aliphatic rings. The van der Waals surface area contributed by atoms with Crippen molar-refractivity contribution >= 4 is 8.56 Å². The van der Waals surface area contributed by atoms with Crippen molar-refractivity contribution in [3.05, 3.63) is 0 Å². The summed E-state index contributed by atoms with van der Waals surface area (Å²) < 4.78 is 13.6. The molecule has 0 amide bonds. The van der Waals surface area contributed by atoms with Gasteiger partial charge >= 0.3 is 8.56 Å². The SMILES string of the molecule is CC(C)(C)O[Si](OC(C)(C)C)(C1CCCCC1)C(C)(C)C. The van der Waals surface area contributed by atoms with Crippen LogP contribution in [0.5, 0.6) is 0 Å². The van der Waals surface area contributed by atoms with Crippen LogP contribution in [0, 0.1) is 0 Å². The molecule has 126 valence electrons. The fourth-order valence-corrected chi connectivity index (χ4v) is 8.70. The first kappa shape index (κ1) is 19.2. The van der Waals surface area contributed by atoms with E-state index in [1.165, 1.54) is 32.1 Å². The van der Waals surface area contributed by atoms with Crippen LogP contribution in [0.15, 0.2) is 0 Å². The van der Waals surface area contributed by atoms with Crippen molar-refractivity contribution in [2.24, 2.45) is 0 Å². The summed E-state index contributed by atoms with van der Waals surface area (Å²) in [6.45, 7) is 20.0. The van der Waals surface area contributed by atoms with Gasteiger partial charge in [-0.1, -0.05) is 40.0 Å². The third-order valence-corrected chi connectivity index (χ3v) is 9.68. The second-order valence-corrected chi connectivity index (χ2v) is 13.7. The number of hydrogen-bond donors (Lipinski definition) is 0. The Hall–Kier alpha value is 0.137. The zero-order valence-electron chi connectivity index (χ0n) is 15.9. The lowest BCUT2D eigenvalue weighted by atomic mass is 10.0. The monoisotopic (exact) mass is 314 g/mol. The van der Waals surface area contributed by atoms with Gasteiger partial charge in [-0.15, -0.1) is 0 Å². The average Bonchev–Trinajstić information content (AvgIpc) is 2.23. The highest BCUT2D eigenvalue weighted by atomic mass is 28.4. The van der Waals surface area contributed by atoms with Crippen LogP contribution in [0.25, 0.3) is 0 Å². The Morgan fingerprint density at radius 2 is 1.05 bits per heavy atom. The van der Waals surface area contributed by atoms with Crippen molar-refractivity contribution in [2.45, 2.75) is 116 Å². The van der Waals surface area contributed by atoms with Crippen LogP contribution in [-0.4, -0.2) is 19.8 Å². The van der Waals surface area contributed by atoms with E-state index in [4.69, 9.17) is 8.85 Å². The van der Waals surface area contributed by atoms with Gasteiger partial charge in [0.25, 0.3) is 0 Å². The molecule has 2 nitrogen and oxygen atoms in total. The molecule has 1 aliphatic carbocycles. The number of rotatable bonds is 3. The van der Waals surface area contributed by atoms with Crippen LogP contribution in [0.3, 0.4) is 0 Å². The first-order valence-electron chi connectivity index (χ1n) is 8.67. The van der Waals surface area contributed by atoms with E-state index in [1.54, 1.807) is 0 Å². The summed E-state index contributed by atoms with van der Waals surface area (Å²) in [6, 6.07) is 0. The molecule has 0 spiro atoms. The molecule has 0 atom stereocenters. The highest BCUT2D eigenvalue weighted by molar-refractivity contribution is 6.72. The summed E-state index contributed by atoms with van der Waals surface area (Å²) in [6.07, 6.45) is 6.58. The molecule has 3 heteroatoms. The van der Waals surface area contributed by atoms with Crippen LogP contribution in [0.1, 0.15) is 94.4 Å². The molecular weight excluding hydrogens is 276 g/mol. The van der Waals surface area contributed by atoms with Gasteiger partial charge in [0.1, 0.15) is 0 Å². The van der Waals surface area contributed by atoms with Gasteiger partial charge in [0.15, 0.2) is 0 Å². The van der Waals surface area contributed by atoms with Gasteiger partial charge in [-0.05, 0) is 54.4 Å². The molecule has 0 aliphatic heterocycles. The Balaban J connectivity index is 3.25. The van der Waals surface area contributed by atoms with Crippen LogP contribution in [0.4, 0.5) is 0 Å². The molecule has 0 unspecified atom stereocenters. The van der Waals surface area contributed by atoms with E-state index in [0.717, 1.165) is 0 Å². The fourth-order valence-electron chi connectivity index (χ4n) is 3.50. The van der Waals surface area contributed by atoms with Gasteiger partial charge < -0.3 is 8.85 Å². The summed E-state index contributed by atoms with van der Waals surface area (Å²) in [7, 11) is -2.37. The molecule has 0 radical (unpaired) electrons. The standard InChI is InChI=1S/C18H38O2Si/c1-16(2,3)19-21(18(7,8)9,20-17(4,5)6)15-13-11-10-12-14-15/h15H,10-14H2,1-9H3. The molecule has 1 rings (SSSR count). The summed E-state index contributed by atoms with van der Waals surface area (Å²) in [4.78, 5) is 0. The van der Waals surface area contributed by atoms with E-state index in [2.05, 4.69) is 62.3 Å². The van der Waals surface area contributed by atoms with Crippen molar-refractivity contribution in [1.29, 1.82) is 0 Å². The minimum atomic E-state index is -2.37. The Morgan fingerprint density at radius 1 is 0.667 bits per heavy atom. The van der Waals surface area contributed by atoms with Gasteiger partial charge in [-0.2, -0.15) is 0 Å². The predicted octanol–water partition coefficient (Wildman–Crippen LogP) is 6.19. The maximum Gasteiger partial charge on any atom is 0.347 e. The van der Waals surface area contributed by atoms with E-state index in [0.29, 0.717) is 5.54 Å². The van der Waals surface area contributed by atoms with Crippen molar-refractivity contribution in [3.8, 4) is 0 Å². The lowest BCUT2D eigenvalue weighted by Crippen LogP contribution is -2.60. The third-order valence-electron chi connectivity index (χ3n) is 4.10. The van der Waals surface area contributed by atoms with Crippen molar-refractivity contribution in [1.82, 2.24) is 0 Å². The smallest absolute Gasteiger partial charge is 0.347 e. The van der Waals surface area contributed by atoms with Gasteiger partial charge in [0.05, 0.1) is 11.2 Å². The third kappa shape index (κ3) is 5.37. The van der Waals surface area contributed by atoms with Crippen molar-refractivity contribution < 1.29 is 8.85 Å². The average molecular weight is 315 g/mol. The Kier molecular flexibility index (Phi) is 5.78. The summed E-state index contributed by atoms with van der Waals surface area (Å²) >= 11 is 0. The maximum atomic E-state index is 6.82. The molecule has 0 saturated heterocycles. The normalized spacial score (nSPS) is 19.9. The molecule has 1 fully saturated rings. The van der Waals surface area contributed by atoms with Crippen LogP contribution in [-0.2, 0) is 8.85 Å². The zero-order chi connectivity index (χ0) is 16.5. The highest BCUT2D eigenvalue weighted by Gasteiger charge is 2.58. The summed E-state index contributed by atoms with van der Waals surface area (Å²) in [5.74, 6) is 0. The van der Waals surface area contributed by atoms with Crippen LogP contribution < -0.4 is 0 Å². The quantitative estimate of drug-likeness (QED) is 0.578. The molecule has 0 bridgehead atoms. The topological polar surface area (TPSA) is 18.5 Å². The summed E-state index contributed by atoms with van der Waals surface area (Å²) in [5, 5.41) is 0.0789. The van der Waals surface area contributed by atoms with E-state index in [1.807, 2.05) is 0 Å². The largest absolute Gasteiger partial charge is 0.389 e. The molecule has 0 aromatic rings. The molecule has 1 saturated carbocycles. The van der Waals surface area contributed by atoms with E-state index in [-0.39, 0.29) is 16.2 Å². The van der Waals surface area contributed by atoms with E-state index >= 15 is 0 Å². The van der Waals surface area contributed by atoms with Crippen LogP contribution >= 0.6 is 0 Å². The molecule has 0 aromatic carbocycles. The van der Waals surface area contributed by atoms with Crippen molar-refractivity contribution in [2.75, 3.05) is 0 Å². The maximum absolute atomic E-state index is 6.82. The lowest BCUT2D eigenvalue weighted by molar-refractivity contribution is -0.00574. The van der Waals surface area contributed by atoms with Gasteiger partial charge in [-0.25, -0.2) is 0 Å². The van der Waals surface area contributed by atoms with Gasteiger partial charge in [0, 0.05) is 10.6 Å². The molecule has 0 aromatic heterocycles. The minimum Gasteiger partial charge on any atom is -0.389 e. The predicted molar refractivity (Wildman–Crippen MR) is 94.0 cm³/mol. The zero-order valence-corrected chi connectivity index (χ0v) is 16.9. The Bertz CT molecular complexity index is 309. The second-order valence-electron chi connectivity index (χ2n) is 9.68. The molecule has 0 N–H and O–H groups in total. The van der Waals surface area contributed by atoms with E-state index in [9.17, 15) is 0 Å². The van der Waals surface area contributed by atoms with E-state index < -0.39 is 8.56 Å². The second kappa shape index (κ2) is 6.33. The minimum absolute atomic E-state index is 0.0789. The lowest BCUT2D eigenvalue weighted by Gasteiger charge is -2.52. The molecule has 21 heavy (non-hydrogen) atoms. The first-order valence-corrected chi connectivity index (χ1v) is 10.6. The molecule has 0 heterocycles. The molecular formula is C18H38O2Si. The first-order chi connectivity index (χ1) is 9.27. The fraction of sp³-hybridized carbons (Fsp3) is 1.00. The van der Waals surface area contributed by atoms with Crippen molar-refractivity contribution in [3.63, 3.8) is 0 Å². The van der Waals surface area contributed by atoms with Gasteiger partial charge in [-0.3, -0.25) is 0 Å². The summed E-state index contributed by atoms with van der Waals surface area (Å²) in [5.41, 5.74) is 0.314.